The van der Waals surface area contributed by atoms with Gasteiger partial charge < -0.3 is 25.2 Å². The number of piperidine rings is 1. The quantitative estimate of drug-likeness (QED) is 0.554. The van der Waals surface area contributed by atoms with Crippen molar-refractivity contribution >= 4 is 12.1 Å². The highest BCUT2D eigenvalue weighted by atomic mass is 16.6. The van der Waals surface area contributed by atoms with Gasteiger partial charge in [0.15, 0.2) is 5.96 Å². The van der Waals surface area contributed by atoms with Crippen LogP contribution in [0, 0.1) is 0 Å². The topological polar surface area (TPSA) is 69.2 Å². The van der Waals surface area contributed by atoms with Crippen LogP contribution in [0.5, 0.6) is 0 Å². The van der Waals surface area contributed by atoms with Gasteiger partial charge in [0, 0.05) is 39.3 Å². The predicted octanol–water partition coefficient (Wildman–Crippen LogP) is 2.42. The molecule has 0 aliphatic carbocycles. The fourth-order valence-electron chi connectivity index (χ4n) is 3.26. The highest BCUT2D eigenvalue weighted by Crippen LogP contribution is 2.12. The minimum atomic E-state index is -0.211. The number of amides is 1. The highest BCUT2D eigenvalue weighted by molar-refractivity contribution is 5.80. The number of likely N-dealkylation sites (tertiary alicyclic amines) is 1. The fraction of sp³-hybridized carbons (Fsp3) is 0.619. The highest BCUT2D eigenvalue weighted by Gasteiger charge is 2.23. The van der Waals surface area contributed by atoms with E-state index in [1.807, 2.05) is 6.92 Å². The molecule has 1 aliphatic heterocycles. The third kappa shape index (κ3) is 7.03. The number of hydrogen-bond acceptors (Lipinski definition) is 4. The van der Waals surface area contributed by atoms with Gasteiger partial charge in [-0.1, -0.05) is 31.2 Å². The van der Waals surface area contributed by atoms with Gasteiger partial charge in [0.25, 0.3) is 0 Å². The Labute approximate surface area is 169 Å². The average molecular weight is 390 g/mol. The molecule has 1 fully saturated rings. The molecule has 1 aromatic rings. The van der Waals surface area contributed by atoms with Gasteiger partial charge >= 0.3 is 6.09 Å². The summed E-state index contributed by atoms with van der Waals surface area (Å²) < 4.78 is 5.07. The number of ether oxygens (including phenoxy) is 1. The monoisotopic (exact) mass is 389 g/mol. The first kappa shape index (κ1) is 22.0. The predicted molar refractivity (Wildman–Crippen MR) is 113 cm³/mol. The molecule has 28 heavy (non-hydrogen) atoms. The Kier molecular flexibility index (Phi) is 9.07. The van der Waals surface area contributed by atoms with Gasteiger partial charge in [0.1, 0.15) is 0 Å². The van der Waals surface area contributed by atoms with Gasteiger partial charge in [-0.2, -0.15) is 0 Å². The lowest BCUT2D eigenvalue weighted by atomic mass is 10.1. The van der Waals surface area contributed by atoms with E-state index in [1.165, 1.54) is 11.1 Å². The van der Waals surface area contributed by atoms with E-state index in [0.29, 0.717) is 25.7 Å². The zero-order valence-electron chi connectivity index (χ0n) is 17.7. The van der Waals surface area contributed by atoms with Crippen molar-refractivity contribution in [1.82, 2.24) is 20.4 Å². The first-order chi connectivity index (χ1) is 13.5. The first-order valence-corrected chi connectivity index (χ1v) is 10.2. The molecule has 1 heterocycles. The summed E-state index contributed by atoms with van der Waals surface area (Å²) in [4.78, 5) is 20.2. The third-order valence-corrected chi connectivity index (χ3v) is 5.03. The van der Waals surface area contributed by atoms with Crippen LogP contribution in [0.2, 0.25) is 0 Å². The molecule has 0 spiro atoms. The SMILES string of the molecule is CCOC(=O)N1CCC(NC(=NC)NCc2cccc(CN(C)CC)c2)CC1. The van der Waals surface area contributed by atoms with Gasteiger partial charge in [-0.3, -0.25) is 4.99 Å². The molecule has 1 aliphatic rings. The lowest BCUT2D eigenvalue weighted by molar-refractivity contribution is 0.0963. The first-order valence-electron chi connectivity index (χ1n) is 10.2. The van der Waals surface area contributed by atoms with E-state index in [-0.39, 0.29) is 6.09 Å². The molecule has 0 atom stereocenters. The van der Waals surface area contributed by atoms with E-state index >= 15 is 0 Å². The summed E-state index contributed by atoms with van der Waals surface area (Å²) in [6.07, 6.45) is 1.56. The van der Waals surface area contributed by atoms with Gasteiger partial charge in [-0.25, -0.2) is 4.79 Å². The zero-order valence-corrected chi connectivity index (χ0v) is 17.7. The van der Waals surface area contributed by atoms with Crippen molar-refractivity contribution in [1.29, 1.82) is 0 Å². The molecule has 0 unspecified atom stereocenters. The summed E-state index contributed by atoms with van der Waals surface area (Å²) in [5.41, 5.74) is 2.56. The van der Waals surface area contributed by atoms with E-state index in [9.17, 15) is 4.79 Å². The lowest BCUT2D eigenvalue weighted by Crippen LogP contribution is -2.49. The van der Waals surface area contributed by atoms with Crippen LogP contribution in [0.3, 0.4) is 0 Å². The molecular weight excluding hydrogens is 354 g/mol. The van der Waals surface area contributed by atoms with Crippen molar-refractivity contribution in [3.8, 4) is 0 Å². The van der Waals surface area contributed by atoms with E-state index in [4.69, 9.17) is 4.74 Å². The standard InChI is InChI=1S/C21H35N5O2/c1-5-25(4)16-18-9-7-8-17(14-18)15-23-20(22-3)24-19-10-12-26(13-11-19)21(27)28-6-2/h7-9,14,19H,5-6,10-13,15-16H2,1-4H3,(H2,22,23,24). The number of carbonyl (C=O) groups is 1. The Hall–Kier alpha value is -2.28. The van der Waals surface area contributed by atoms with Crippen molar-refractivity contribution in [3.05, 3.63) is 35.4 Å². The number of nitrogens with zero attached hydrogens (tertiary/aromatic N) is 3. The van der Waals surface area contributed by atoms with Gasteiger partial charge in [-0.15, -0.1) is 0 Å². The Bertz CT molecular complexity index is 641. The average Bonchev–Trinajstić information content (AvgIpc) is 2.72. The van der Waals surface area contributed by atoms with Crippen LogP contribution < -0.4 is 10.6 Å². The maximum absolute atomic E-state index is 11.8. The van der Waals surface area contributed by atoms with Crippen LogP contribution in [-0.2, 0) is 17.8 Å². The molecule has 2 N–H and O–H groups in total. The van der Waals surface area contributed by atoms with Gasteiger partial charge in [0.05, 0.1) is 6.61 Å². The van der Waals surface area contributed by atoms with Gasteiger partial charge in [0.2, 0.25) is 0 Å². The number of rotatable bonds is 7. The molecule has 0 radical (unpaired) electrons. The molecule has 1 aromatic carbocycles. The number of nitrogens with one attached hydrogen (secondary N) is 2. The summed E-state index contributed by atoms with van der Waals surface area (Å²) in [5, 5.41) is 6.88. The van der Waals surface area contributed by atoms with Crippen molar-refractivity contribution in [2.24, 2.45) is 4.99 Å². The maximum atomic E-state index is 11.8. The summed E-state index contributed by atoms with van der Waals surface area (Å²) in [5.74, 6) is 0.797. The van der Waals surface area contributed by atoms with Crippen LogP contribution in [-0.4, -0.2) is 68.2 Å². The second kappa shape index (κ2) is 11.5. The largest absolute Gasteiger partial charge is 0.450 e. The lowest BCUT2D eigenvalue weighted by Gasteiger charge is -2.32. The van der Waals surface area contributed by atoms with Crippen LogP contribution in [0.15, 0.2) is 29.3 Å². The van der Waals surface area contributed by atoms with Crippen LogP contribution in [0.25, 0.3) is 0 Å². The molecule has 1 amide bonds. The minimum Gasteiger partial charge on any atom is -0.450 e. The summed E-state index contributed by atoms with van der Waals surface area (Å²) in [6.45, 7) is 8.55. The van der Waals surface area contributed by atoms with E-state index < -0.39 is 0 Å². The maximum Gasteiger partial charge on any atom is 0.409 e. The second-order valence-electron chi connectivity index (χ2n) is 7.18. The van der Waals surface area contributed by atoms with Crippen LogP contribution in [0.1, 0.15) is 37.8 Å². The smallest absolute Gasteiger partial charge is 0.409 e. The molecule has 7 nitrogen and oxygen atoms in total. The van der Waals surface area contributed by atoms with E-state index in [2.05, 4.69) is 58.8 Å². The summed E-state index contributed by atoms with van der Waals surface area (Å²) >= 11 is 0. The van der Waals surface area contributed by atoms with Crippen LogP contribution >= 0.6 is 0 Å². The molecule has 0 saturated carbocycles. The number of aliphatic imine (C=N–C) groups is 1. The van der Waals surface area contributed by atoms with Crippen molar-refractivity contribution in [2.45, 2.75) is 45.8 Å². The molecule has 1 saturated heterocycles. The molecule has 7 heteroatoms. The molecule has 156 valence electrons. The fourth-order valence-corrected chi connectivity index (χ4v) is 3.26. The minimum absolute atomic E-state index is 0.211. The van der Waals surface area contributed by atoms with Crippen molar-refractivity contribution in [2.75, 3.05) is 40.3 Å². The number of carbonyl (C=O) groups excluding carboxylic acids is 1. The Morgan fingerprint density at radius 2 is 2.00 bits per heavy atom. The Morgan fingerprint density at radius 1 is 1.29 bits per heavy atom. The zero-order chi connectivity index (χ0) is 20.4. The summed E-state index contributed by atoms with van der Waals surface area (Å²) in [7, 11) is 3.92. The summed E-state index contributed by atoms with van der Waals surface area (Å²) in [6, 6.07) is 8.95. The molecule has 2 rings (SSSR count). The Morgan fingerprint density at radius 3 is 2.64 bits per heavy atom. The molecule has 0 aromatic heterocycles. The van der Waals surface area contributed by atoms with Gasteiger partial charge in [-0.05, 0) is 44.5 Å². The van der Waals surface area contributed by atoms with Crippen molar-refractivity contribution in [3.63, 3.8) is 0 Å². The van der Waals surface area contributed by atoms with Crippen molar-refractivity contribution < 1.29 is 9.53 Å². The Balaban J connectivity index is 1.79. The number of hydrogen-bond donors (Lipinski definition) is 2. The number of benzene rings is 1. The molecular formula is C21H35N5O2. The second-order valence-corrected chi connectivity index (χ2v) is 7.18. The van der Waals surface area contributed by atoms with E-state index in [0.717, 1.165) is 38.4 Å². The third-order valence-electron chi connectivity index (χ3n) is 5.03. The normalized spacial score (nSPS) is 15.6. The number of guanidine groups is 1. The van der Waals surface area contributed by atoms with E-state index in [1.54, 1.807) is 11.9 Å². The van der Waals surface area contributed by atoms with Crippen LogP contribution in [0.4, 0.5) is 4.79 Å². The molecule has 0 bridgehead atoms.